The van der Waals surface area contributed by atoms with Crippen molar-refractivity contribution in [2.24, 2.45) is 5.41 Å². The van der Waals surface area contributed by atoms with Crippen molar-refractivity contribution in [3.63, 3.8) is 0 Å². The Hall–Kier alpha value is -1.65. The molecule has 2 aliphatic heterocycles. The zero-order valence-electron chi connectivity index (χ0n) is 18.0. The number of aryl methyl sites for hydroxylation is 4. The van der Waals surface area contributed by atoms with Crippen LogP contribution in [0.4, 0.5) is 0 Å². The zero-order valence-corrected chi connectivity index (χ0v) is 18.0. The van der Waals surface area contributed by atoms with Gasteiger partial charge in [-0.2, -0.15) is 5.10 Å². The van der Waals surface area contributed by atoms with Gasteiger partial charge in [0.2, 0.25) is 0 Å². The van der Waals surface area contributed by atoms with Crippen LogP contribution in [0, 0.1) is 26.2 Å². The summed E-state index contributed by atoms with van der Waals surface area (Å²) in [4.78, 5) is 5.42. The molecule has 0 aliphatic carbocycles. The van der Waals surface area contributed by atoms with Crippen LogP contribution in [-0.2, 0) is 13.1 Å². The van der Waals surface area contributed by atoms with Crippen molar-refractivity contribution in [3.05, 3.63) is 52.8 Å². The maximum absolute atomic E-state index is 4.61. The van der Waals surface area contributed by atoms with Crippen LogP contribution in [0.15, 0.2) is 30.3 Å². The molecular formula is C24H36N4. The molecule has 2 saturated heterocycles. The Morgan fingerprint density at radius 3 is 2.61 bits per heavy atom. The first-order valence-corrected chi connectivity index (χ1v) is 11.0. The first-order valence-electron chi connectivity index (χ1n) is 11.0. The molecule has 0 bridgehead atoms. The molecular weight excluding hydrogens is 344 g/mol. The van der Waals surface area contributed by atoms with Crippen LogP contribution in [0.25, 0.3) is 0 Å². The average molecular weight is 381 g/mol. The molecule has 4 nitrogen and oxygen atoms in total. The lowest BCUT2D eigenvalue weighted by Gasteiger charge is -2.40. The minimum Gasteiger partial charge on any atom is -0.303 e. The normalized spacial score (nSPS) is 23.7. The Bertz CT molecular complexity index is 796. The van der Waals surface area contributed by atoms with E-state index in [1.807, 2.05) is 0 Å². The number of hydrogen-bond donors (Lipinski definition) is 0. The highest BCUT2D eigenvalue weighted by Gasteiger charge is 2.40. The second kappa shape index (κ2) is 8.38. The summed E-state index contributed by atoms with van der Waals surface area (Å²) in [5, 5.41) is 4.61. The van der Waals surface area contributed by atoms with E-state index in [-0.39, 0.29) is 0 Å². The number of rotatable bonds is 6. The lowest BCUT2D eigenvalue weighted by atomic mass is 9.79. The van der Waals surface area contributed by atoms with Gasteiger partial charge in [-0.25, -0.2) is 0 Å². The highest BCUT2D eigenvalue weighted by Crippen LogP contribution is 2.39. The van der Waals surface area contributed by atoms with E-state index < -0.39 is 0 Å². The Morgan fingerprint density at radius 1 is 0.964 bits per heavy atom. The highest BCUT2D eigenvalue weighted by atomic mass is 15.3. The quantitative estimate of drug-likeness (QED) is 0.751. The molecule has 0 saturated carbocycles. The van der Waals surface area contributed by atoms with Gasteiger partial charge in [-0.1, -0.05) is 29.8 Å². The molecule has 1 atom stereocenters. The summed E-state index contributed by atoms with van der Waals surface area (Å²) in [6.45, 7) is 14.9. The summed E-state index contributed by atoms with van der Waals surface area (Å²) in [6.07, 6.45) is 5.33. The Kier molecular flexibility index (Phi) is 5.88. The van der Waals surface area contributed by atoms with Gasteiger partial charge in [0.05, 0.1) is 5.69 Å². The van der Waals surface area contributed by atoms with Gasteiger partial charge in [-0.05, 0) is 83.1 Å². The van der Waals surface area contributed by atoms with Crippen LogP contribution in [-0.4, -0.2) is 52.3 Å². The van der Waals surface area contributed by atoms with Crippen LogP contribution >= 0.6 is 0 Å². The fraction of sp³-hybridized carbons (Fsp3) is 0.625. The molecule has 2 aliphatic rings. The number of likely N-dealkylation sites (tertiary alicyclic amines) is 2. The van der Waals surface area contributed by atoms with Crippen LogP contribution in [0.1, 0.15) is 48.2 Å². The summed E-state index contributed by atoms with van der Waals surface area (Å²) in [7, 11) is 0. The fourth-order valence-corrected chi connectivity index (χ4v) is 5.41. The number of aromatic nitrogens is 2. The minimum absolute atomic E-state index is 0.528. The molecule has 3 heterocycles. The molecule has 1 aromatic heterocycles. The van der Waals surface area contributed by atoms with Crippen molar-refractivity contribution in [1.29, 1.82) is 0 Å². The first-order chi connectivity index (χ1) is 13.5. The predicted octanol–water partition coefficient (Wildman–Crippen LogP) is 4.19. The minimum atomic E-state index is 0.528. The maximum Gasteiger partial charge on any atom is 0.0596 e. The van der Waals surface area contributed by atoms with E-state index in [1.54, 1.807) is 0 Å². The van der Waals surface area contributed by atoms with E-state index in [4.69, 9.17) is 0 Å². The van der Waals surface area contributed by atoms with E-state index in [0.29, 0.717) is 5.41 Å². The molecule has 28 heavy (non-hydrogen) atoms. The Labute approximate surface area is 170 Å². The van der Waals surface area contributed by atoms with Gasteiger partial charge in [0.25, 0.3) is 0 Å². The summed E-state index contributed by atoms with van der Waals surface area (Å²) >= 11 is 0. The van der Waals surface area contributed by atoms with Gasteiger partial charge in [0.15, 0.2) is 0 Å². The van der Waals surface area contributed by atoms with Crippen molar-refractivity contribution in [2.75, 3.05) is 32.7 Å². The summed E-state index contributed by atoms with van der Waals surface area (Å²) in [6, 6.07) is 11.2. The summed E-state index contributed by atoms with van der Waals surface area (Å²) < 4.78 is 2.17. The number of piperidine rings is 1. The van der Waals surface area contributed by atoms with Crippen molar-refractivity contribution in [1.82, 2.24) is 19.6 Å². The molecule has 152 valence electrons. The molecule has 0 unspecified atom stereocenters. The van der Waals surface area contributed by atoms with Crippen LogP contribution in [0.5, 0.6) is 0 Å². The monoisotopic (exact) mass is 380 g/mol. The van der Waals surface area contributed by atoms with Crippen molar-refractivity contribution in [3.8, 4) is 0 Å². The highest BCUT2D eigenvalue weighted by molar-refractivity contribution is 5.22. The van der Waals surface area contributed by atoms with E-state index in [9.17, 15) is 0 Å². The third-order valence-electron chi connectivity index (χ3n) is 6.69. The van der Waals surface area contributed by atoms with Crippen molar-refractivity contribution in [2.45, 2.75) is 59.5 Å². The van der Waals surface area contributed by atoms with Gasteiger partial charge in [-0.15, -0.1) is 0 Å². The van der Waals surface area contributed by atoms with Gasteiger partial charge < -0.3 is 4.90 Å². The molecule has 4 rings (SSSR count). The lowest BCUT2D eigenvalue weighted by Crippen LogP contribution is -2.44. The van der Waals surface area contributed by atoms with Crippen LogP contribution in [0.3, 0.4) is 0 Å². The standard InChI is InChI=1S/C24H36N4/c1-20-7-4-8-23(15-20)17-27-11-5-9-24(19-27)10-14-26(18-24)12-6-13-28-22(3)16-21(2)25-28/h4,7-8,15-16H,5-6,9-14,17-19H2,1-3H3/t24-/m1/s1. The SMILES string of the molecule is Cc1cccc(CN2CCC[C@]3(CCN(CCCn4nc(C)cc4C)C3)C2)c1. The predicted molar refractivity (Wildman–Crippen MR) is 115 cm³/mol. The molecule has 1 aromatic carbocycles. The first kappa shape index (κ1) is 19.7. The lowest BCUT2D eigenvalue weighted by molar-refractivity contribution is 0.0871. The van der Waals surface area contributed by atoms with Gasteiger partial charge in [0.1, 0.15) is 0 Å². The second-order valence-corrected chi connectivity index (χ2v) is 9.33. The largest absolute Gasteiger partial charge is 0.303 e. The van der Waals surface area contributed by atoms with Crippen LogP contribution < -0.4 is 0 Å². The molecule has 0 radical (unpaired) electrons. The van der Waals surface area contributed by atoms with Gasteiger partial charge in [0, 0.05) is 31.9 Å². The average Bonchev–Trinajstić information content (AvgIpc) is 3.18. The molecule has 1 spiro atoms. The van der Waals surface area contributed by atoms with Crippen LogP contribution in [0.2, 0.25) is 0 Å². The Balaban J connectivity index is 1.27. The number of benzene rings is 1. The third-order valence-corrected chi connectivity index (χ3v) is 6.69. The topological polar surface area (TPSA) is 24.3 Å². The zero-order chi connectivity index (χ0) is 19.6. The second-order valence-electron chi connectivity index (χ2n) is 9.33. The molecule has 2 fully saturated rings. The molecule has 4 heteroatoms. The fourth-order valence-electron chi connectivity index (χ4n) is 5.41. The molecule has 2 aromatic rings. The van der Waals surface area contributed by atoms with E-state index in [1.165, 1.54) is 75.2 Å². The van der Waals surface area contributed by atoms with Crippen molar-refractivity contribution >= 4 is 0 Å². The number of nitrogens with zero attached hydrogens (tertiary/aromatic N) is 4. The van der Waals surface area contributed by atoms with E-state index >= 15 is 0 Å². The third kappa shape index (κ3) is 4.66. The molecule has 0 amide bonds. The van der Waals surface area contributed by atoms with Crippen molar-refractivity contribution < 1.29 is 0 Å². The Morgan fingerprint density at radius 2 is 1.82 bits per heavy atom. The summed E-state index contributed by atoms with van der Waals surface area (Å²) in [5.74, 6) is 0. The van der Waals surface area contributed by atoms with Gasteiger partial charge >= 0.3 is 0 Å². The van der Waals surface area contributed by atoms with E-state index in [0.717, 1.165) is 18.8 Å². The summed E-state index contributed by atoms with van der Waals surface area (Å²) in [5.41, 5.74) is 5.79. The molecule has 0 N–H and O–H groups in total. The number of hydrogen-bond acceptors (Lipinski definition) is 3. The van der Waals surface area contributed by atoms with E-state index in [2.05, 4.69) is 70.7 Å². The van der Waals surface area contributed by atoms with Gasteiger partial charge in [-0.3, -0.25) is 9.58 Å². The maximum atomic E-state index is 4.61. The smallest absolute Gasteiger partial charge is 0.0596 e.